The van der Waals surface area contributed by atoms with E-state index in [0.29, 0.717) is 11.5 Å². The van der Waals surface area contributed by atoms with Crippen molar-refractivity contribution in [2.24, 2.45) is 5.92 Å². The molecule has 7 heteroatoms. The molecule has 2 rings (SSSR count). The number of carbonyl (C=O) groups excluding carboxylic acids is 2. The molecule has 0 atom stereocenters. The van der Waals surface area contributed by atoms with Gasteiger partial charge in [-0.2, -0.15) is 0 Å². The molecule has 0 aromatic carbocycles. The molecule has 0 saturated carbocycles. The Balaban J connectivity index is 2.10. The molecule has 2 heterocycles. The fourth-order valence-electron chi connectivity index (χ4n) is 1.63. The predicted molar refractivity (Wildman–Crippen MR) is 82.4 cm³/mol. The van der Waals surface area contributed by atoms with Crippen LogP contribution in [0.5, 0.6) is 0 Å². The number of carbonyl (C=O) groups is 2. The molecule has 2 aromatic heterocycles. The Hall–Kier alpha value is -2.83. The van der Waals surface area contributed by atoms with Crippen molar-refractivity contribution >= 4 is 23.3 Å². The van der Waals surface area contributed by atoms with Crippen LogP contribution in [0, 0.1) is 12.8 Å². The van der Waals surface area contributed by atoms with Gasteiger partial charge in [-0.3, -0.25) is 14.6 Å². The molecule has 0 saturated heterocycles. The van der Waals surface area contributed by atoms with Crippen LogP contribution in [0.1, 0.15) is 29.9 Å². The fraction of sp³-hybridized carbons (Fsp3) is 0.267. The minimum Gasteiger partial charge on any atom is -0.319 e. The van der Waals surface area contributed by atoms with Crippen molar-refractivity contribution in [2.75, 3.05) is 10.6 Å². The molecule has 114 valence electrons. The minimum absolute atomic E-state index is 0.108. The summed E-state index contributed by atoms with van der Waals surface area (Å²) in [6.45, 7) is 5.42. The summed E-state index contributed by atoms with van der Waals surface area (Å²) < 4.78 is 0. The molecule has 2 amide bonds. The summed E-state index contributed by atoms with van der Waals surface area (Å²) in [6, 6.07) is 1.70. The van der Waals surface area contributed by atoms with Gasteiger partial charge in [-0.25, -0.2) is 9.97 Å². The second-order valence-electron chi connectivity index (χ2n) is 5.07. The number of hydrogen-bond acceptors (Lipinski definition) is 5. The third-order valence-corrected chi connectivity index (χ3v) is 2.93. The van der Waals surface area contributed by atoms with E-state index in [1.54, 1.807) is 19.9 Å². The molecule has 7 nitrogen and oxygen atoms in total. The quantitative estimate of drug-likeness (QED) is 0.900. The highest BCUT2D eigenvalue weighted by atomic mass is 16.2. The topological polar surface area (TPSA) is 96.9 Å². The van der Waals surface area contributed by atoms with Crippen LogP contribution in [-0.4, -0.2) is 26.8 Å². The van der Waals surface area contributed by atoms with E-state index in [1.807, 2.05) is 6.92 Å². The summed E-state index contributed by atoms with van der Waals surface area (Å²) in [4.78, 5) is 35.5. The smallest absolute Gasteiger partial charge is 0.275 e. The fourth-order valence-corrected chi connectivity index (χ4v) is 1.63. The van der Waals surface area contributed by atoms with Gasteiger partial charge in [0, 0.05) is 18.3 Å². The number of anilines is 2. The van der Waals surface area contributed by atoms with Gasteiger partial charge in [-0.15, -0.1) is 0 Å². The van der Waals surface area contributed by atoms with Crippen LogP contribution in [-0.2, 0) is 4.79 Å². The summed E-state index contributed by atoms with van der Waals surface area (Å²) >= 11 is 0. The number of nitrogens with one attached hydrogen (secondary N) is 2. The first-order chi connectivity index (χ1) is 10.5. The van der Waals surface area contributed by atoms with E-state index in [-0.39, 0.29) is 23.4 Å². The Morgan fingerprint density at radius 2 is 1.86 bits per heavy atom. The Morgan fingerprint density at radius 3 is 2.45 bits per heavy atom. The van der Waals surface area contributed by atoms with Crippen molar-refractivity contribution in [2.45, 2.75) is 20.8 Å². The average molecular weight is 299 g/mol. The molecule has 0 bridgehead atoms. The average Bonchev–Trinajstić information content (AvgIpc) is 2.50. The maximum Gasteiger partial charge on any atom is 0.275 e. The van der Waals surface area contributed by atoms with E-state index in [4.69, 9.17) is 0 Å². The van der Waals surface area contributed by atoms with E-state index >= 15 is 0 Å². The van der Waals surface area contributed by atoms with Crippen LogP contribution in [0.3, 0.4) is 0 Å². The second-order valence-corrected chi connectivity index (χ2v) is 5.07. The van der Waals surface area contributed by atoms with E-state index < -0.39 is 0 Å². The number of nitrogens with zero attached hydrogens (tertiary/aromatic N) is 3. The summed E-state index contributed by atoms with van der Waals surface area (Å²) in [5.74, 6) is -0.146. The van der Waals surface area contributed by atoms with Gasteiger partial charge in [-0.05, 0) is 18.6 Å². The zero-order valence-corrected chi connectivity index (χ0v) is 12.6. The van der Waals surface area contributed by atoms with Gasteiger partial charge in [0.2, 0.25) is 5.91 Å². The lowest BCUT2D eigenvalue weighted by Crippen LogP contribution is -2.19. The lowest BCUT2D eigenvalue weighted by Gasteiger charge is -2.11. The zero-order valence-electron chi connectivity index (χ0n) is 12.6. The van der Waals surface area contributed by atoms with Gasteiger partial charge < -0.3 is 10.6 Å². The Labute approximate surface area is 128 Å². The SMILES string of the molecule is Cc1cc(NC(=O)C(C)C)ncc1NC(=O)c1cnccn1. The first-order valence-corrected chi connectivity index (χ1v) is 6.82. The molecule has 0 aliphatic heterocycles. The molecule has 0 radical (unpaired) electrons. The summed E-state index contributed by atoms with van der Waals surface area (Å²) in [6.07, 6.45) is 5.83. The number of pyridine rings is 1. The highest BCUT2D eigenvalue weighted by molar-refractivity contribution is 6.03. The van der Waals surface area contributed by atoms with Crippen LogP contribution < -0.4 is 10.6 Å². The molecule has 0 aliphatic carbocycles. The maximum absolute atomic E-state index is 12.0. The van der Waals surface area contributed by atoms with Crippen molar-refractivity contribution < 1.29 is 9.59 Å². The Bertz CT molecular complexity index is 686. The summed E-state index contributed by atoms with van der Waals surface area (Å²) in [7, 11) is 0. The number of aromatic nitrogens is 3. The van der Waals surface area contributed by atoms with E-state index in [1.165, 1.54) is 24.8 Å². The van der Waals surface area contributed by atoms with Crippen LogP contribution in [0.2, 0.25) is 0 Å². The van der Waals surface area contributed by atoms with Gasteiger partial charge >= 0.3 is 0 Å². The predicted octanol–water partition coefficient (Wildman–Crippen LogP) is 2.03. The normalized spacial score (nSPS) is 10.4. The first kappa shape index (κ1) is 15.6. The minimum atomic E-state index is -0.364. The first-order valence-electron chi connectivity index (χ1n) is 6.82. The number of hydrogen-bond donors (Lipinski definition) is 2. The molecule has 0 aliphatic rings. The van der Waals surface area contributed by atoms with Gasteiger partial charge in [0.25, 0.3) is 5.91 Å². The third-order valence-electron chi connectivity index (χ3n) is 2.93. The summed E-state index contributed by atoms with van der Waals surface area (Å²) in [5, 5.41) is 5.42. The standard InChI is InChI=1S/C15H17N5O2/c1-9(2)14(21)20-13-6-10(3)11(8-18-13)19-15(22)12-7-16-4-5-17-12/h4-9H,1-3H3,(H,19,22)(H,18,20,21). The van der Waals surface area contributed by atoms with Crippen LogP contribution >= 0.6 is 0 Å². The lowest BCUT2D eigenvalue weighted by atomic mass is 10.2. The van der Waals surface area contributed by atoms with Gasteiger partial charge in [0.1, 0.15) is 11.5 Å². The maximum atomic E-state index is 12.0. The lowest BCUT2D eigenvalue weighted by molar-refractivity contribution is -0.118. The third kappa shape index (κ3) is 3.85. The molecule has 0 unspecified atom stereocenters. The molecule has 0 spiro atoms. The Kier molecular flexibility index (Phi) is 4.77. The Morgan fingerprint density at radius 1 is 1.09 bits per heavy atom. The van der Waals surface area contributed by atoms with Crippen LogP contribution in [0.15, 0.2) is 30.9 Å². The van der Waals surface area contributed by atoms with Crippen molar-refractivity contribution in [1.82, 2.24) is 15.0 Å². The molecule has 2 aromatic rings. The van der Waals surface area contributed by atoms with Crippen molar-refractivity contribution in [3.05, 3.63) is 42.1 Å². The van der Waals surface area contributed by atoms with E-state index in [9.17, 15) is 9.59 Å². The van der Waals surface area contributed by atoms with Crippen molar-refractivity contribution in [3.8, 4) is 0 Å². The van der Waals surface area contributed by atoms with Gasteiger partial charge in [-0.1, -0.05) is 13.8 Å². The number of amides is 2. The molecular weight excluding hydrogens is 282 g/mol. The monoisotopic (exact) mass is 299 g/mol. The highest BCUT2D eigenvalue weighted by Gasteiger charge is 2.12. The second kappa shape index (κ2) is 6.75. The summed E-state index contributed by atoms with van der Waals surface area (Å²) in [5.41, 5.74) is 1.56. The van der Waals surface area contributed by atoms with Gasteiger partial charge in [0.05, 0.1) is 18.1 Å². The molecule has 2 N–H and O–H groups in total. The van der Waals surface area contributed by atoms with Crippen molar-refractivity contribution in [1.29, 1.82) is 0 Å². The number of aryl methyl sites for hydroxylation is 1. The largest absolute Gasteiger partial charge is 0.319 e. The van der Waals surface area contributed by atoms with Crippen LogP contribution in [0.25, 0.3) is 0 Å². The van der Waals surface area contributed by atoms with E-state index in [0.717, 1.165) is 5.56 Å². The van der Waals surface area contributed by atoms with Crippen LogP contribution in [0.4, 0.5) is 11.5 Å². The van der Waals surface area contributed by atoms with E-state index in [2.05, 4.69) is 25.6 Å². The number of rotatable bonds is 4. The molecular formula is C15H17N5O2. The van der Waals surface area contributed by atoms with Crippen molar-refractivity contribution in [3.63, 3.8) is 0 Å². The highest BCUT2D eigenvalue weighted by Crippen LogP contribution is 2.17. The van der Waals surface area contributed by atoms with Gasteiger partial charge in [0.15, 0.2) is 0 Å². The molecule has 0 fully saturated rings. The molecule has 22 heavy (non-hydrogen) atoms. The zero-order chi connectivity index (χ0) is 16.1.